The van der Waals surface area contributed by atoms with Crippen molar-refractivity contribution in [3.05, 3.63) is 26.7 Å². The Balaban J connectivity index is 3.00. The molecule has 0 atom stereocenters. The van der Waals surface area contributed by atoms with E-state index in [-0.39, 0.29) is 16.8 Å². The number of nitrogens with zero attached hydrogens (tertiary/aromatic N) is 1. The van der Waals surface area contributed by atoms with Crippen molar-refractivity contribution in [1.29, 1.82) is 0 Å². The van der Waals surface area contributed by atoms with Gasteiger partial charge in [0.25, 0.3) is 0 Å². The van der Waals surface area contributed by atoms with Crippen LogP contribution in [0, 0.1) is 0 Å². The van der Waals surface area contributed by atoms with Gasteiger partial charge in [-0.2, -0.15) is 0 Å². The SMILES string of the molecule is CC(=O)c1onc2c(=O)oc(=O)[nH]c12. The highest BCUT2D eigenvalue weighted by Gasteiger charge is 2.17. The number of Topliss-reactive ketones (excluding diaryl/α,β-unsaturated/α-hetero) is 1. The summed E-state index contributed by atoms with van der Waals surface area (Å²) in [7, 11) is 0. The summed E-state index contributed by atoms with van der Waals surface area (Å²) < 4.78 is 8.77. The van der Waals surface area contributed by atoms with E-state index in [1.165, 1.54) is 6.92 Å². The van der Waals surface area contributed by atoms with Crippen LogP contribution < -0.4 is 11.4 Å². The molecule has 0 saturated heterocycles. The molecular weight excluding hydrogens is 192 g/mol. The fraction of sp³-hybridized carbons (Fsp3) is 0.143. The Morgan fingerprint density at radius 1 is 1.43 bits per heavy atom. The van der Waals surface area contributed by atoms with E-state index in [2.05, 4.69) is 19.1 Å². The van der Waals surface area contributed by atoms with Crippen LogP contribution >= 0.6 is 0 Å². The van der Waals surface area contributed by atoms with Crippen molar-refractivity contribution in [1.82, 2.24) is 10.1 Å². The predicted octanol–water partition coefficient (Wildman–Crippen LogP) is -0.328. The molecule has 0 bridgehead atoms. The fourth-order valence-corrected chi connectivity index (χ4v) is 1.05. The van der Waals surface area contributed by atoms with Crippen LogP contribution in [0.4, 0.5) is 0 Å². The maximum atomic E-state index is 11.0. The largest absolute Gasteiger partial charge is 0.419 e. The molecule has 14 heavy (non-hydrogen) atoms. The molecule has 0 aliphatic carbocycles. The second-order valence-electron chi connectivity index (χ2n) is 2.59. The second-order valence-corrected chi connectivity index (χ2v) is 2.59. The Bertz CT molecular complexity index is 617. The number of carbonyl (C=O) groups is 1. The summed E-state index contributed by atoms with van der Waals surface area (Å²) >= 11 is 0. The number of hydrogen-bond acceptors (Lipinski definition) is 6. The summed E-state index contributed by atoms with van der Waals surface area (Å²) in [5.74, 6) is -1.55. The van der Waals surface area contributed by atoms with Crippen LogP contribution in [-0.4, -0.2) is 15.9 Å². The van der Waals surface area contributed by atoms with Crippen LogP contribution in [-0.2, 0) is 0 Å². The third-order valence-electron chi connectivity index (χ3n) is 1.62. The zero-order valence-corrected chi connectivity index (χ0v) is 6.99. The van der Waals surface area contributed by atoms with Crippen LogP contribution in [0.1, 0.15) is 17.5 Å². The molecule has 0 unspecified atom stereocenters. The van der Waals surface area contributed by atoms with Crippen molar-refractivity contribution in [2.24, 2.45) is 0 Å². The number of nitrogens with one attached hydrogen (secondary N) is 1. The van der Waals surface area contributed by atoms with Crippen molar-refractivity contribution < 1.29 is 13.7 Å². The Labute approximate surface area is 75.3 Å². The van der Waals surface area contributed by atoms with Crippen LogP contribution in [0.2, 0.25) is 0 Å². The normalized spacial score (nSPS) is 10.6. The summed E-state index contributed by atoms with van der Waals surface area (Å²) in [5, 5.41) is 3.31. The highest BCUT2D eigenvalue weighted by atomic mass is 16.5. The Hall–Kier alpha value is -2.18. The van der Waals surface area contributed by atoms with E-state index in [4.69, 9.17) is 0 Å². The lowest BCUT2D eigenvalue weighted by Crippen LogP contribution is -2.14. The zero-order valence-electron chi connectivity index (χ0n) is 6.99. The van der Waals surface area contributed by atoms with Gasteiger partial charge in [0.1, 0.15) is 5.52 Å². The molecule has 2 aromatic rings. The maximum Gasteiger partial charge on any atom is 0.419 e. The van der Waals surface area contributed by atoms with E-state index in [9.17, 15) is 14.4 Å². The van der Waals surface area contributed by atoms with Crippen molar-refractivity contribution in [3.8, 4) is 0 Å². The molecule has 0 spiro atoms. The van der Waals surface area contributed by atoms with Gasteiger partial charge < -0.3 is 8.94 Å². The molecule has 72 valence electrons. The number of carbonyl (C=O) groups excluding carboxylic acids is 1. The number of H-pyrrole nitrogens is 1. The molecule has 2 heterocycles. The molecule has 0 saturated carbocycles. The van der Waals surface area contributed by atoms with Crippen LogP contribution in [0.15, 0.2) is 18.5 Å². The monoisotopic (exact) mass is 196 g/mol. The van der Waals surface area contributed by atoms with Crippen molar-refractivity contribution in [3.63, 3.8) is 0 Å². The lowest BCUT2D eigenvalue weighted by atomic mass is 10.3. The Morgan fingerprint density at radius 3 is 2.79 bits per heavy atom. The summed E-state index contributed by atoms with van der Waals surface area (Å²) in [6.45, 7) is 1.23. The highest BCUT2D eigenvalue weighted by Crippen LogP contribution is 2.10. The quantitative estimate of drug-likeness (QED) is 0.626. The van der Waals surface area contributed by atoms with E-state index in [1.807, 2.05) is 0 Å². The molecule has 0 amide bonds. The highest BCUT2D eigenvalue weighted by molar-refractivity contribution is 6.01. The third-order valence-corrected chi connectivity index (χ3v) is 1.62. The molecule has 7 heteroatoms. The molecule has 0 aliphatic rings. The minimum Gasteiger partial charge on any atom is -0.371 e. The number of aromatic amines is 1. The van der Waals surface area contributed by atoms with Crippen molar-refractivity contribution in [2.75, 3.05) is 0 Å². The third kappa shape index (κ3) is 1.06. The number of fused-ring (bicyclic) bond motifs is 1. The summed E-state index contributed by atoms with van der Waals surface area (Å²) in [6, 6.07) is 0. The van der Waals surface area contributed by atoms with Crippen LogP contribution in [0.25, 0.3) is 11.0 Å². The van der Waals surface area contributed by atoms with E-state index in [0.717, 1.165) is 0 Å². The predicted molar refractivity (Wildman–Crippen MR) is 43.2 cm³/mol. The van der Waals surface area contributed by atoms with Gasteiger partial charge in [-0.05, 0) is 0 Å². The Kier molecular flexibility index (Phi) is 1.60. The lowest BCUT2D eigenvalue weighted by molar-refractivity contribution is 0.0980. The molecular formula is C7H4N2O5. The van der Waals surface area contributed by atoms with E-state index < -0.39 is 17.2 Å². The van der Waals surface area contributed by atoms with Gasteiger partial charge in [-0.1, -0.05) is 5.16 Å². The summed E-state index contributed by atoms with van der Waals surface area (Å²) in [5.41, 5.74) is -1.16. The van der Waals surface area contributed by atoms with Gasteiger partial charge in [0.15, 0.2) is 5.78 Å². The lowest BCUT2D eigenvalue weighted by Gasteiger charge is -1.86. The first-order chi connectivity index (χ1) is 6.59. The molecule has 2 aromatic heterocycles. The Morgan fingerprint density at radius 2 is 2.14 bits per heavy atom. The smallest absolute Gasteiger partial charge is 0.371 e. The molecule has 0 aromatic carbocycles. The molecule has 0 radical (unpaired) electrons. The van der Waals surface area contributed by atoms with E-state index in [1.54, 1.807) is 0 Å². The van der Waals surface area contributed by atoms with Gasteiger partial charge in [0.2, 0.25) is 11.3 Å². The first-order valence-electron chi connectivity index (χ1n) is 3.63. The number of ketones is 1. The number of aromatic nitrogens is 2. The summed E-state index contributed by atoms with van der Waals surface area (Å²) in [4.78, 5) is 34.9. The zero-order chi connectivity index (χ0) is 10.3. The maximum absolute atomic E-state index is 11.0. The van der Waals surface area contributed by atoms with Gasteiger partial charge in [-0.15, -0.1) is 0 Å². The van der Waals surface area contributed by atoms with Gasteiger partial charge in [-0.25, -0.2) is 9.59 Å². The minimum atomic E-state index is -0.951. The van der Waals surface area contributed by atoms with Crippen molar-refractivity contribution >= 4 is 16.8 Å². The molecule has 2 rings (SSSR count). The first-order valence-corrected chi connectivity index (χ1v) is 3.63. The average Bonchev–Trinajstić information content (AvgIpc) is 2.47. The van der Waals surface area contributed by atoms with Crippen LogP contribution in [0.3, 0.4) is 0 Å². The molecule has 7 nitrogen and oxygen atoms in total. The van der Waals surface area contributed by atoms with Gasteiger partial charge >= 0.3 is 11.4 Å². The number of hydrogen-bond donors (Lipinski definition) is 1. The number of rotatable bonds is 1. The second kappa shape index (κ2) is 2.66. The molecule has 0 fully saturated rings. The van der Waals surface area contributed by atoms with Gasteiger partial charge in [0.05, 0.1) is 0 Å². The first kappa shape index (κ1) is 8.42. The van der Waals surface area contributed by atoms with E-state index >= 15 is 0 Å². The van der Waals surface area contributed by atoms with Gasteiger partial charge in [-0.3, -0.25) is 9.78 Å². The minimum absolute atomic E-state index is 0.0289. The average molecular weight is 196 g/mol. The van der Waals surface area contributed by atoms with Crippen molar-refractivity contribution in [2.45, 2.75) is 6.92 Å². The van der Waals surface area contributed by atoms with Gasteiger partial charge in [0, 0.05) is 6.92 Å². The fourth-order valence-electron chi connectivity index (χ4n) is 1.05. The molecule has 0 aliphatic heterocycles. The summed E-state index contributed by atoms with van der Waals surface area (Å²) in [6.07, 6.45) is 0. The van der Waals surface area contributed by atoms with E-state index in [0.29, 0.717) is 0 Å². The standard InChI is InChI=1S/C7H4N2O5/c1-2(10)5-3-4(9-14-5)6(11)13-7(12)8-3/h1H3,(H,8,12). The molecule has 1 N–H and O–H groups in total. The van der Waals surface area contributed by atoms with Crippen LogP contribution in [0.5, 0.6) is 0 Å². The topological polar surface area (TPSA) is 106 Å².